The second-order valence-electron chi connectivity index (χ2n) is 3.17. The number of rotatable bonds is 2. The summed E-state index contributed by atoms with van der Waals surface area (Å²) in [4.78, 5) is 0. The van der Waals surface area contributed by atoms with Gasteiger partial charge in [0.1, 0.15) is 11.5 Å². The van der Waals surface area contributed by atoms with Crippen LogP contribution in [0.5, 0.6) is 11.5 Å². The largest absolute Gasteiger partial charge is 0.497 e. The monoisotopic (exact) mass is 314 g/mol. The first kappa shape index (κ1) is 10.5. The Kier molecular flexibility index (Phi) is 3.00. The minimum absolute atomic E-state index is 0.869. The van der Waals surface area contributed by atoms with E-state index < -0.39 is 0 Å². The van der Waals surface area contributed by atoms with Crippen molar-refractivity contribution >= 4 is 33.4 Å². The van der Waals surface area contributed by atoms with E-state index in [4.69, 9.17) is 9.47 Å². The minimum atomic E-state index is 0.869. The highest BCUT2D eigenvalue weighted by Gasteiger charge is 2.05. The van der Waals surface area contributed by atoms with Crippen molar-refractivity contribution in [3.63, 3.8) is 0 Å². The van der Waals surface area contributed by atoms with E-state index in [1.165, 1.54) is 5.39 Å². The molecular weight excluding hydrogens is 303 g/mol. The van der Waals surface area contributed by atoms with Gasteiger partial charge in [-0.3, -0.25) is 0 Å². The number of benzene rings is 2. The van der Waals surface area contributed by atoms with Crippen LogP contribution in [0.15, 0.2) is 30.3 Å². The Morgan fingerprint density at radius 2 is 1.73 bits per heavy atom. The van der Waals surface area contributed by atoms with Crippen molar-refractivity contribution in [2.75, 3.05) is 14.2 Å². The molecule has 0 unspecified atom stereocenters. The lowest BCUT2D eigenvalue weighted by molar-refractivity contribution is 0.412. The van der Waals surface area contributed by atoms with Crippen LogP contribution in [0, 0.1) is 3.57 Å². The average Bonchev–Trinajstić information content (AvgIpc) is 2.29. The summed E-state index contributed by atoms with van der Waals surface area (Å²) < 4.78 is 11.6. The molecule has 2 aromatic rings. The molecule has 0 heterocycles. The molecule has 0 saturated heterocycles. The molecule has 3 heteroatoms. The summed E-state index contributed by atoms with van der Waals surface area (Å²) in [6, 6.07) is 10.1. The fourth-order valence-corrected chi connectivity index (χ4v) is 2.39. The summed E-state index contributed by atoms with van der Waals surface area (Å²) in [6.07, 6.45) is 0. The third-order valence-electron chi connectivity index (χ3n) is 2.35. The average molecular weight is 314 g/mol. The van der Waals surface area contributed by atoms with Crippen LogP contribution in [0.2, 0.25) is 0 Å². The maximum atomic E-state index is 5.28. The topological polar surface area (TPSA) is 18.5 Å². The number of halogens is 1. The quantitative estimate of drug-likeness (QED) is 0.791. The van der Waals surface area contributed by atoms with E-state index in [1.54, 1.807) is 14.2 Å². The van der Waals surface area contributed by atoms with Gasteiger partial charge in [-0.25, -0.2) is 0 Å². The standard InChI is InChI=1S/C12H11IO2/c1-14-9-5-3-8-4-6-11(15-2)12(13)10(8)7-9/h3-7H,1-2H3. The van der Waals surface area contributed by atoms with Crippen LogP contribution in [0.4, 0.5) is 0 Å². The third kappa shape index (κ3) is 1.88. The molecule has 0 aliphatic heterocycles. The zero-order chi connectivity index (χ0) is 10.8. The SMILES string of the molecule is COc1ccc2ccc(OC)c(I)c2c1. The van der Waals surface area contributed by atoms with Crippen molar-refractivity contribution in [3.8, 4) is 11.5 Å². The van der Waals surface area contributed by atoms with Gasteiger partial charge in [0.25, 0.3) is 0 Å². The Balaban J connectivity index is 2.72. The zero-order valence-corrected chi connectivity index (χ0v) is 10.7. The van der Waals surface area contributed by atoms with Crippen molar-refractivity contribution in [2.45, 2.75) is 0 Å². The molecule has 0 saturated carbocycles. The van der Waals surface area contributed by atoms with Gasteiger partial charge in [0.05, 0.1) is 17.8 Å². The number of fused-ring (bicyclic) bond motifs is 1. The van der Waals surface area contributed by atoms with Gasteiger partial charge < -0.3 is 9.47 Å². The number of hydrogen-bond donors (Lipinski definition) is 0. The van der Waals surface area contributed by atoms with Gasteiger partial charge in [-0.1, -0.05) is 12.1 Å². The van der Waals surface area contributed by atoms with Crippen LogP contribution in [-0.4, -0.2) is 14.2 Å². The first-order valence-corrected chi connectivity index (χ1v) is 5.64. The van der Waals surface area contributed by atoms with Crippen LogP contribution in [0.1, 0.15) is 0 Å². The highest BCUT2D eigenvalue weighted by Crippen LogP contribution is 2.31. The number of ether oxygens (including phenoxy) is 2. The highest BCUT2D eigenvalue weighted by atomic mass is 127. The van der Waals surface area contributed by atoms with E-state index in [0.29, 0.717) is 0 Å². The Hall–Kier alpha value is -0.970. The molecule has 0 radical (unpaired) electrons. The molecule has 78 valence electrons. The molecule has 15 heavy (non-hydrogen) atoms. The molecule has 0 fully saturated rings. The van der Waals surface area contributed by atoms with Crippen LogP contribution >= 0.6 is 22.6 Å². The number of hydrogen-bond acceptors (Lipinski definition) is 2. The normalized spacial score (nSPS) is 10.3. The van der Waals surface area contributed by atoms with E-state index in [9.17, 15) is 0 Å². The lowest BCUT2D eigenvalue weighted by Crippen LogP contribution is -1.89. The van der Waals surface area contributed by atoms with Crippen LogP contribution in [0.25, 0.3) is 10.8 Å². The fraction of sp³-hybridized carbons (Fsp3) is 0.167. The minimum Gasteiger partial charge on any atom is -0.497 e. The van der Waals surface area contributed by atoms with E-state index in [-0.39, 0.29) is 0 Å². The summed E-state index contributed by atoms with van der Waals surface area (Å²) >= 11 is 2.29. The molecule has 2 rings (SSSR count). The third-order valence-corrected chi connectivity index (χ3v) is 3.46. The first-order valence-electron chi connectivity index (χ1n) is 4.56. The molecule has 0 atom stereocenters. The Bertz CT molecular complexity index is 489. The van der Waals surface area contributed by atoms with Gasteiger partial charge in [-0.2, -0.15) is 0 Å². The maximum Gasteiger partial charge on any atom is 0.132 e. The summed E-state index contributed by atoms with van der Waals surface area (Å²) in [5.41, 5.74) is 0. The van der Waals surface area contributed by atoms with Gasteiger partial charge in [-0.15, -0.1) is 0 Å². The second kappa shape index (κ2) is 4.26. The molecule has 2 aromatic carbocycles. The molecule has 0 spiro atoms. The van der Waals surface area contributed by atoms with Crippen molar-refractivity contribution in [1.82, 2.24) is 0 Å². The van der Waals surface area contributed by atoms with Gasteiger partial charge in [0.15, 0.2) is 0 Å². The van der Waals surface area contributed by atoms with Crippen LogP contribution in [-0.2, 0) is 0 Å². The molecule has 0 N–H and O–H groups in total. The molecule has 0 aliphatic rings. The predicted octanol–water partition coefficient (Wildman–Crippen LogP) is 3.46. The van der Waals surface area contributed by atoms with Crippen LogP contribution < -0.4 is 9.47 Å². The Morgan fingerprint density at radius 3 is 2.40 bits per heavy atom. The molecule has 2 nitrogen and oxygen atoms in total. The van der Waals surface area contributed by atoms with Crippen molar-refractivity contribution in [1.29, 1.82) is 0 Å². The molecule has 0 bridgehead atoms. The predicted molar refractivity (Wildman–Crippen MR) is 69.8 cm³/mol. The summed E-state index contributed by atoms with van der Waals surface area (Å²) in [5.74, 6) is 1.77. The van der Waals surface area contributed by atoms with E-state index in [1.807, 2.05) is 18.2 Å². The summed E-state index contributed by atoms with van der Waals surface area (Å²) in [6.45, 7) is 0. The van der Waals surface area contributed by atoms with Gasteiger partial charge in [0.2, 0.25) is 0 Å². The Labute approximate surface area is 102 Å². The van der Waals surface area contributed by atoms with E-state index >= 15 is 0 Å². The lowest BCUT2D eigenvalue weighted by atomic mass is 10.1. The van der Waals surface area contributed by atoms with Crippen molar-refractivity contribution < 1.29 is 9.47 Å². The summed E-state index contributed by atoms with van der Waals surface area (Å²) in [7, 11) is 3.36. The molecular formula is C12H11IO2. The van der Waals surface area contributed by atoms with Gasteiger partial charge in [0, 0.05) is 5.39 Å². The number of methoxy groups -OCH3 is 2. The van der Waals surface area contributed by atoms with E-state index in [2.05, 4.69) is 34.7 Å². The smallest absolute Gasteiger partial charge is 0.132 e. The lowest BCUT2D eigenvalue weighted by Gasteiger charge is -2.08. The molecule has 0 aromatic heterocycles. The van der Waals surface area contributed by atoms with Crippen molar-refractivity contribution in [3.05, 3.63) is 33.9 Å². The fourth-order valence-electron chi connectivity index (χ4n) is 1.53. The first-order chi connectivity index (χ1) is 7.26. The molecule has 0 aliphatic carbocycles. The van der Waals surface area contributed by atoms with Gasteiger partial charge in [-0.05, 0) is 46.2 Å². The highest BCUT2D eigenvalue weighted by molar-refractivity contribution is 14.1. The van der Waals surface area contributed by atoms with E-state index in [0.717, 1.165) is 20.5 Å². The summed E-state index contributed by atoms with van der Waals surface area (Å²) in [5, 5.41) is 2.36. The van der Waals surface area contributed by atoms with Crippen LogP contribution in [0.3, 0.4) is 0 Å². The zero-order valence-electron chi connectivity index (χ0n) is 8.58. The second-order valence-corrected chi connectivity index (χ2v) is 4.25. The van der Waals surface area contributed by atoms with Gasteiger partial charge >= 0.3 is 0 Å². The maximum absolute atomic E-state index is 5.28. The van der Waals surface area contributed by atoms with Crippen molar-refractivity contribution in [2.24, 2.45) is 0 Å². The Morgan fingerprint density at radius 1 is 1.00 bits per heavy atom. The molecule has 0 amide bonds.